The van der Waals surface area contributed by atoms with E-state index < -0.39 is 12.0 Å². The van der Waals surface area contributed by atoms with Crippen molar-refractivity contribution in [3.05, 3.63) is 21.8 Å². The third-order valence-corrected chi connectivity index (χ3v) is 9.66. The van der Waals surface area contributed by atoms with E-state index >= 15 is 0 Å². The molecule has 0 radical (unpaired) electrons. The molecule has 7 heteroatoms. The maximum absolute atomic E-state index is 11.9. The first-order valence-corrected chi connectivity index (χ1v) is 12.2. The minimum absolute atomic E-state index is 0.00443. The van der Waals surface area contributed by atoms with Crippen LogP contribution in [0.4, 0.5) is 0 Å². The number of nitro groups is 1. The van der Waals surface area contributed by atoms with Gasteiger partial charge in [-0.1, -0.05) is 25.5 Å². The first-order valence-electron chi connectivity index (χ1n) is 12.2. The van der Waals surface area contributed by atoms with Crippen molar-refractivity contribution in [2.45, 2.75) is 91.2 Å². The number of carbonyl (C=O) groups excluding carboxylic acids is 2. The van der Waals surface area contributed by atoms with Crippen LogP contribution in [-0.2, 0) is 19.1 Å². The van der Waals surface area contributed by atoms with E-state index in [2.05, 4.69) is 19.9 Å². The number of esters is 2. The number of ether oxygens (including phenoxy) is 2. The number of hydrogen-bond acceptors (Lipinski definition) is 6. The minimum atomic E-state index is -0.824. The van der Waals surface area contributed by atoms with Gasteiger partial charge in [-0.15, -0.1) is 0 Å². The van der Waals surface area contributed by atoms with Crippen molar-refractivity contribution in [3.8, 4) is 0 Å². The van der Waals surface area contributed by atoms with Crippen molar-refractivity contribution in [2.24, 2.45) is 34.5 Å². The van der Waals surface area contributed by atoms with Crippen LogP contribution in [0.5, 0.6) is 0 Å². The lowest BCUT2D eigenvalue weighted by Crippen LogP contribution is -2.52. The summed E-state index contributed by atoms with van der Waals surface area (Å²) in [6.07, 6.45) is 10.1. The Kier molecular flexibility index (Phi) is 6.14. The molecule has 3 saturated carbocycles. The Labute approximate surface area is 190 Å². The molecule has 0 aromatic rings. The van der Waals surface area contributed by atoms with Crippen LogP contribution in [0.25, 0.3) is 0 Å². The molecular weight excluding hydrogens is 410 g/mol. The van der Waals surface area contributed by atoms with E-state index in [4.69, 9.17) is 9.47 Å². The van der Waals surface area contributed by atoms with Gasteiger partial charge in [-0.05, 0) is 73.5 Å². The van der Waals surface area contributed by atoms with E-state index in [-0.39, 0.29) is 40.4 Å². The molecule has 4 aliphatic carbocycles. The van der Waals surface area contributed by atoms with Crippen molar-refractivity contribution in [2.75, 3.05) is 6.61 Å². The number of allylic oxidation sites excluding steroid dienone is 1. The molecule has 0 amide bonds. The summed E-state index contributed by atoms with van der Waals surface area (Å²) >= 11 is 0. The van der Waals surface area contributed by atoms with E-state index in [1.807, 2.05) is 0 Å². The molecule has 7 nitrogen and oxygen atoms in total. The zero-order chi connectivity index (χ0) is 23.3. The highest BCUT2D eigenvalue weighted by molar-refractivity contribution is 5.66. The normalized spacial score (nSPS) is 41.4. The molecule has 0 heterocycles. The summed E-state index contributed by atoms with van der Waals surface area (Å²) in [7, 11) is 0. The van der Waals surface area contributed by atoms with Crippen LogP contribution < -0.4 is 0 Å². The predicted octanol–water partition coefficient (Wildman–Crippen LogP) is 4.71. The van der Waals surface area contributed by atoms with E-state index in [0.29, 0.717) is 17.8 Å². The van der Waals surface area contributed by atoms with Gasteiger partial charge in [0.25, 0.3) is 0 Å². The second-order valence-corrected chi connectivity index (χ2v) is 11.1. The fraction of sp³-hybridized carbons (Fsp3) is 0.840. The molecule has 0 spiro atoms. The summed E-state index contributed by atoms with van der Waals surface area (Å²) in [6.45, 7) is 7.33. The Bertz CT molecular complexity index is 823. The van der Waals surface area contributed by atoms with Crippen molar-refractivity contribution < 1.29 is 24.0 Å². The van der Waals surface area contributed by atoms with E-state index in [1.165, 1.54) is 19.4 Å². The summed E-state index contributed by atoms with van der Waals surface area (Å²) in [5.41, 5.74) is 1.50. The first-order chi connectivity index (χ1) is 15.1. The molecule has 0 bridgehead atoms. The second-order valence-electron chi connectivity index (χ2n) is 11.1. The molecule has 8 atom stereocenters. The van der Waals surface area contributed by atoms with Crippen molar-refractivity contribution >= 4 is 11.9 Å². The highest BCUT2D eigenvalue weighted by Crippen LogP contribution is 2.66. The Morgan fingerprint density at radius 2 is 1.88 bits per heavy atom. The van der Waals surface area contributed by atoms with Crippen LogP contribution >= 0.6 is 0 Å². The van der Waals surface area contributed by atoms with Gasteiger partial charge < -0.3 is 9.47 Å². The van der Waals surface area contributed by atoms with Gasteiger partial charge in [0.1, 0.15) is 6.10 Å². The van der Waals surface area contributed by atoms with E-state index in [1.54, 1.807) is 0 Å². The van der Waals surface area contributed by atoms with Gasteiger partial charge in [-0.25, -0.2) is 0 Å². The van der Waals surface area contributed by atoms with Gasteiger partial charge in [-0.3, -0.25) is 19.7 Å². The summed E-state index contributed by atoms with van der Waals surface area (Å²) in [4.78, 5) is 34.4. The SMILES string of the molecule is CC(=O)OCC([C@H]1CC[C@H]2C3CC=C4C[C@@H](OC(C)=O)CC[C@]4(C)[C@H]3CC[C@]12C)[N+](=O)[O-]. The smallest absolute Gasteiger partial charge is 0.302 e. The van der Waals surface area contributed by atoms with Crippen LogP contribution in [0.15, 0.2) is 11.6 Å². The second kappa shape index (κ2) is 8.45. The Morgan fingerprint density at radius 3 is 2.53 bits per heavy atom. The van der Waals surface area contributed by atoms with Crippen LogP contribution in [0.1, 0.15) is 79.1 Å². The summed E-state index contributed by atoms with van der Waals surface area (Å²) in [5, 5.41) is 11.9. The zero-order valence-corrected chi connectivity index (χ0v) is 19.8. The van der Waals surface area contributed by atoms with Gasteiger partial charge in [0.05, 0.1) is 0 Å². The molecule has 0 saturated heterocycles. The lowest BCUT2D eigenvalue weighted by atomic mass is 9.47. The Morgan fingerprint density at radius 1 is 1.12 bits per heavy atom. The van der Waals surface area contributed by atoms with Gasteiger partial charge in [0.2, 0.25) is 6.04 Å². The standard InChI is InChI=1S/C25H37NO6/c1-15(27)31-14-23(26(29)30)22-8-7-20-19-6-5-17-13-18(32-16(2)28)9-11-24(17,3)21(19)10-12-25(20,22)4/h5,18-23H,6-14H2,1-4H3/t18-,19?,20-,21-,22+,23?,24-,25-/m0/s1. The molecule has 0 aromatic heterocycles. The van der Waals surface area contributed by atoms with Gasteiger partial charge in [0.15, 0.2) is 6.61 Å². The van der Waals surface area contributed by atoms with E-state index in [9.17, 15) is 19.7 Å². The largest absolute Gasteiger partial charge is 0.462 e. The maximum atomic E-state index is 11.9. The fourth-order valence-electron chi connectivity index (χ4n) is 8.16. The maximum Gasteiger partial charge on any atom is 0.302 e. The third kappa shape index (κ3) is 3.86. The fourth-order valence-corrected chi connectivity index (χ4v) is 8.16. The highest BCUT2D eigenvalue weighted by Gasteiger charge is 2.61. The average molecular weight is 448 g/mol. The minimum Gasteiger partial charge on any atom is -0.462 e. The number of rotatable bonds is 5. The van der Waals surface area contributed by atoms with Crippen LogP contribution in [0.3, 0.4) is 0 Å². The lowest BCUT2D eigenvalue weighted by Gasteiger charge is -2.58. The number of hydrogen-bond donors (Lipinski definition) is 0. The first kappa shape index (κ1) is 23.2. The Hall–Kier alpha value is -1.92. The molecule has 0 aromatic carbocycles. The third-order valence-electron chi connectivity index (χ3n) is 9.66. The monoisotopic (exact) mass is 447 g/mol. The molecule has 4 rings (SSSR count). The highest BCUT2D eigenvalue weighted by atomic mass is 16.6. The summed E-state index contributed by atoms with van der Waals surface area (Å²) in [6, 6.07) is -0.824. The predicted molar refractivity (Wildman–Crippen MR) is 118 cm³/mol. The van der Waals surface area contributed by atoms with E-state index in [0.717, 1.165) is 51.4 Å². The quantitative estimate of drug-likeness (QED) is 0.262. The molecule has 32 heavy (non-hydrogen) atoms. The summed E-state index contributed by atoms with van der Waals surface area (Å²) < 4.78 is 10.6. The number of fused-ring (bicyclic) bond motifs is 5. The van der Waals surface area contributed by atoms with Crippen LogP contribution in [0, 0.1) is 44.6 Å². The van der Waals surface area contributed by atoms with Gasteiger partial charge in [-0.2, -0.15) is 0 Å². The topological polar surface area (TPSA) is 95.7 Å². The molecular formula is C25H37NO6. The molecule has 178 valence electrons. The van der Waals surface area contributed by atoms with Crippen molar-refractivity contribution in [1.29, 1.82) is 0 Å². The molecule has 2 unspecified atom stereocenters. The lowest BCUT2D eigenvalue weighted by molar-refractivity contribution is -0.539. The average Bonchev–Trinajstić information content (AvgIpc) is 3.05. The van der Waals surface area contributed by atoms with Crippen molar-refractivity contribution in [3.63, 3.8) is 0 Å². The van der Waals surface area contributed by atoms with Gasteiger partial charge >= 0.3 is 11.9 Å². The molecule has 0 aliphatic heterocycles. The molecule has 3 fully saturated rings. The summed E-state index contributed by atoms with van der Waals surface area (Å²) in [5.74, 6) is 0.876. The number of nitrogens with zero attached hydrogens (tertiary/aromatic N) is 1. The zero-order valence-electron chi connectivity index (χ0n) is 19.8. The van der Waals surface area contributed by atoms with Crippen molar-refractivity contribution in [1.82, 2.24) is 0 Å². The Balaban J connectivity index is 1.54. The van der Waals surface area contributed by atoms with Crippen LogP contribution in [0.2, 0.25) is 0 Å². The van der Waals surface area contributed by atoms with Crippen LogP contribution in [-0.4, -0.2) is 35.6 Å². The number of carbonyl (C=O) groups is 2. The molecule has 0 N–H and O–H groups in total. The molecule has 4 aliphatic rings. The van der Waals surface area contributed by atoms with Gasteiger partial charge in [0, 0.05) is 31.1 Å².